The summed E-state index contributed by atoms with van der Waals surface area (Å²) in [5.41, 5.74) is 3.83. The monoisotopic (exact) mass is 274 g/mol. The van der Waals surface area contributed by atoms with Gasteiger partial charge in [0.05, 0.1) is 11.7 Å². The molecule has 1 heterocycles. The number of rotatable bonds is 5. The van der Waals surface area contributed by atoms with Crippen molar-refractivity contribution in [1.82, 2.24) is 10.3 Å². The molecule has 1 N–H and O–H groups in total. The van der Waals surface area contributed by atoms with Crippen LogP contribution >= 0.6 is 11.3 Å². The average molecular weight is 274 g/mol. The highest BCUT2D eigenvalue weighted by Crippen LogP contribution is 2.29. The Balaban J connectivity index is 2.37. The molecule has 0 saturated heterocycles. The van der Waals surface area contributed by atoms with Crippen molar-refractivity contribution in [2.45, 2.75) is 39.7 Å². The van der Waals surface area contributed by atoms with Crippen LogP contribution in [0.5, 0.6) is 0 Å². The van der Waals surface area contributed by atoms with E-state index in [0.29, 0.717) is 5.92 Å². The smallest absolute Gasteiger partial charge is 0.114 e. The Kier molecular flexibility index (Phi) is 4.72. The van der Waals surface area contributed by atoms with Crippen LogP contribution in [0.25, 0.3) is 0 Å². The molecule has 0 aliphatic heterocycles. The second kappa shape index (κ2) is 6.31. The molecular formula is C16H22N2S. The van der Waals surface area contributed by atoms with E-state index in [0.717, 1.165) is 6.54 Å². The largest absolute Gasteiger partial charge is 0.305 e. The Bertz CT molecular complexity index is 531. The van der Waals surface area contributed by atoms with Crippen molar-refractivity contribution in [1.29, 1.82) is 0 Å². The number of aromatic nitrogens is 1. The number of hydrogen-bond donors (Lipinski definition) is 1. The predicted molar refractivity (Wildman–Crippen MR) is 82.9 cm³/mol. The first-order chi connectivity index (χ1) is 9.13. The molecule has 19 heavy (non-hydrogen) atoms. The molecule has 1 atom stereocenters. The van der Waals surface area contributed by atoms with E-state index in [2.05, 4.69) is 62.7 Å². The molecule has 1 aromatic carbocycles. The minimum absolute atomic E-state index is 0.212. The van der Waals surface area contributed by atoms with Crippen molar-refractivity contribution in [3.05, 3.63) is 51.5 Å². The molecule has 0 aliphatic rings. The molecule has 2 aromatic rings. The summed E-state index contributed by atoms with van der Waals surface area (Å²) in [5, 5.41) is 6.91. The lowest BCUT2D eigenvalue weighted by Gasteiger charge is -2.18. The zero-order valence-electron chi connectivity index (χ0n) is 12.1. The number of hydrogen-bond acceptors (Lipinski definition) is 3. The Morgan fingerprint density at radius 1 is 1.26 bits per heavy atom. The van der Waals surface area contributed by atoms with E-state index in [1.165, 1.54) is 21.8 Å². The maximum Gasteiger partial charge on any atom is 0.114 e. The lowest BCUT2D eigenvalue weighted by atomic mass is 10.0. The van der Waals surface area contributed by atoms with E-state index in [4.69, 9.17) is 4.98 Å². The number of nitrogens with zero attached hydrogens (tertiary/aromatic N) is 1. The molecule has 0 spiro atoms. The minimum Gasteiger partial charge on any atom is -0.305 e. The topological polar surface area (TPSA) is 24.9 Å². The van der Waals surface area contributed by atoms with Gasteiger partial charge in [0.1, 0.15) is 5.01 Å². The van der Waals surface area contributed by atoms with Crippen LogP contribution in [0.3, 0.4) is 0 Å². The summed E-state index contributed by atoms with van der Waals surface area (Å²) in [6.07, 6.45) is 0. The third kappa shape index (κ3) is 3.23. The second-order valence-corrected chi connectivity index (χ2v) is 6.00. The van der Waals surface area contributed by atoms with Gasteiger partial charge in [0.2, 0.25) is 0 Å². The van der Waals surface area contributed by atoms with Gasteiger partial charge in [0.15, 0.2) is 0 Å². The summed E-state index contributed by atoms with van der Waals surface area (Å²) in [6, 6.07) is 8.76. The lowest BCUT2D eigenvalue weighted by Crippen LogP contribution is -2.22. The fourth-order valence-corrected chi connectivity index (χ4v) is 3.21. The molecule has 0 fully saturated rings. The van der Waals surface area contributed by atoms with E-state index in [9.17, 15) is 0 Å². The Morgan fingerprint density at radius 2 is 2.00 bits per heavy atom. The van der Waals surface area contributed by atoms with Crippen LogP contribution in [-0.4, -0.2) is 11.5 Å². The van der Waals surface area contributed by atoms with Crippen molar-refractivity contribution >= 4 is 11.3 Å². The van der Waals surface area contributed by atoms with Gasteiger partial charge in [-0.15, -0.1) is 11.3 Å². The van der Waals surface area contributed by atoms with Crippen LogP contribution in [-0.2, 0) is 0 Å². The van der Waals surface area contributed by atoms with Crippen molar-refractivity contribution in [3.63, 3.8) is 0 Å². The van der Waals surface area contributed by atoms with E-state index < -0.39 is 0 Å². The first-order valence-corrected chi connectivity index (χ1v) is 7.75. The van der Waals surface area contributed by atoms with Crippen LogP contribution in [0, 0.1) is 6.92 Å². The molecule has 2 rings (SSSR count). The SMILES string of the molecule is CCNC(c1nc(C(C)C)cs1)c1ccccc1C. The van der Waals surface area contributed by atoms with Gasteiger partial charge in [-0.1, -0.05) is 45.0 Å². The third-order valence-electron chi connectivity index (χ3n) is 3.29. The molecule has 2 nitrogen and oxygen atoms in total. The molecule has 1 unspecified atom stereocenters. The van der Waals surface area contributed by atoms with Crippen molar-refractivity contribution in [2.75, 3.05) is 6.54 Å². The zero-order chi connectivity index (χ0) is 13.8. The van der Waals surface area contributed by atoms with E-state index in [1.54, 1.807) is 11.3 Å². The summed E-state index contributed by atoms with van der Waals surface area (Å²) in [7, 11) is 0. The van der Waals surface area contributed by atoms with Crippen molar-refractivity contribution in [3.8, 4) is 0 Å². The zero-order valence-corrected chi connectivity index (χ0v) is 12.9. The number of thiazole rings is 1. The van der Waals surface area contributed by atoms with Gasteiger partial charge in [0.25, 0.3) is 0 Å². The van der Waals surface area contributed by atoms with Crippen LogP contribution in [0.2, 0.25) is 0 Å². The summed E-state index contributed by atoms with van der Waals surface area (Å²) in [5.74, 6) is 0.490. The molecule has 0 amide bonds. The summed E-state index contributed by atoms with van der Waals surface area (Å²) in [4.78, 5) is 4.80. The molecular weight excluding hydrogens is 252 g/mol. The first-order valence-electron chi connectivity index (χ1n) is 6.87. The highest BCUT2D eigenvalue weighted by Gasteiger charge is 2.19. The molecule has 0 bridgehead atoms. The van der Waals surface area contributed by atoms with Crippen molar-refractivity contribution in [2.24, 2.45) is 0 Å². The predicted octanol–water partition coefficient (Wildman–Crippen LogP) is 4.27. The Morgan fingerprint density at radius 3 is 2.58 bits per heavy atom. The van der Waals surface area contributed by atoms with E-state index in [1.807, 2.05) is 0 Å². The molecule has 1 aromatic heterocycles. The minimum atomic E-state index is 0.212. The van der Waals surface area contributed by atoms with Gasteiger partial charge in [-0.2, -0.15) is 0 Å². The molecule has 0 radical (unpaired) electrons. The van der Waals surface area contributed by atoms with Gasteiger partial charge in [-0.25, -0.2) is 4.98 Å². The summed E-state index contributed by atoms with van der Waals surface area (Å²) in [6.45, 7) is 9.62. The Labute approximate surface area is 119 Å². The number of aryl methyl sites for hydroxylation is 1. The highest BCUT2D eigenvalue weighted by molar-refractivity contribution is 7.09. The van der Waals surface area contributed by atoms with Crippen molar-refractivity contribution < 1.29 is 0 Å². The Hall–Kier alpha value is -1.19. The van der Waals surface area contributed by atoms with Gasteiger partial charge in [-0.05, 0) is 30.5 Å². The lowest BCUT2D eigenvalue weighted by molar-refractivity contribution is 0.620. The van der Waals surface area contributed by atoms with Crippen LogP contribution in [0.4, 0.5) is 0 Å². The fraction of sp³-hybridized carbons (Fsp3) is 0.438. The maximum absolute atomic E-state index is 4.80. The molecule has 102 valence electrons. The van der Waals surface area contributed by atoms with Gasteiger partial charge >= 0.3 is 0 Å². The maximum atomic E-state index is 4.80. The highest BCUT2D eigenvalue weighted by atomic mass is 32.1. The third-order valence-corrected chi connectivity index (χ3v) is 4.21. The number of nitrogens with one attached hydrogen (secondary N) is 1. The number of benzene rings is 1. The average Bonchev–Trinajstić information content (AvgIpc) is 2.86. The van der Waals surface area contributed by atoms with Crippen LogP contribution < -0.4 is 5.32 Å². The van der Waals surface area contributed by atoms with Crippen LogP contribution in [0.15, 0.2) is 29.6 Å². The second-order valence-electron chi connectivity index (χ2n) is 5.11. The standard InChI is InChI=1S/C16H22N2S/c1-5-17-15(13-9-7-6-8-12(13)4)16-18-14(10-19-16)11(2)3/h6-11,15,17H,5H2,1-4H3. The molecule has 0 aliphatic carbocycles. The van der Waals surface area contributed by atoms with Crippen LogP contribution in [0.1, 0.15) is 54.6 Å². The van der Waals surface area contributed by atoms with Gasteiger partial charge < -0.3 is 5.32 Å². The summed E-state index contributed by atoms with van der Waals surface area (Å²) < 4.78 is 0. The van der Waals surface area contributed by atoms with Gasteiger partial charge in [-0.3, -0.25) is 0 Å². The quantitative estimate of drug-likeness (QED) is 0.880. The first kappa shape index (κ1) is 14.2. The van der Waals surface area contributed by atoms with E-state index >= 15 is 0 Å². The fourth-order valence-electron chi connectivity index (χ4n) is 2.14. The summed E-state index contributed by atoms with van der Waals surface area (Å²) >= 11 is 1.76. The molecule has 3 heteroatoms. The molecule has 0 saturated carbocycles. The van der Waals surface area contributed by atoms with Gasteiger partial charge in [0, 0.05) is 5.38 Å². The van der Waals surface area contributed by atoms with E-state index in [-0.39, 0.29) is 6.04 Å². The normalized spacial score (nSPS) is 12.9.